The normalized spacial score (nSPS) is 11.4. The summed E-state index contributed by atoms with van der Waals surface area (Å²) in [6, 6.07) is 4.41. The minimum Gasteiger partial charge on any atom is -0.477 e. The molecular formula is C11H7Br3N2O4S. The highest BCUT2D eigenvalue weighted by atomic mass is 79.9. The maximum atomic E-state index is 12.2. The second kappa shape index (κ2) is 6.11. The van der Waals surface area contributed by atoms with Gasteiger partial charge in [0.25, 0.3) is 10.0 Å². The lowest BCUT2D eigenvalue weighted by Gasteiger charge is -2.11. The molecule has 112 valence electrons. The number of aromatic nitrogens is 1. The van der Waals surface area contributed by atoms with Crippen LogP contribution in [-0.2, 0) is 10.0 Å². The molecule has 2 rings (SSSR count). The zero-order chi connectivity index (χ0) is 15.8. The average Bonchev–Trinajstić information content (AvgIpc) is 2.84. The number of carboxylic acids is 1. The number of halogens is 3. The average molecular weight is 503 g/mol. The summed E-state index contributed by atoms with van der Waals surface area (Å²) in [5, 5.41) is 8.81. The van der Waals surface area contributed by atoms with Crippen LogP contribution in [0.15, 0.2) is 42.7 Å². The van der Waals surface area contributed by atoms with E-state index in [0.717, 1.165) is 16.7 Å². The van der Waals surface area contributed by atoms with E-state index in [1.54, 1.807) is 12.1 Å². The summed E-state index contributed by atoms with van der Waals surface area (Å²) in [5.74, 6) is -1.23. The Morgan fingerprint density at radius 1 is 1.14 bits per heavy atom. The van der Waals surface area contributed by atoms with Gasteiger partial charge in [-0.3, -0.25) is 4.72 Å². The molecule has 0 fully saturated rings. The summed E-state index contributed by atoms with van der Waals surface area (Å²) in [7, 11) is -3.90. The quantitative estimate of drug-likeness (QED) is 0.592. The van der Waals surface area contributed by atoms with Gasteiger partial charge in [0.2, 0.25) is 0 Å². The van der Waals surface area contributed by atoms with E-state index in [1.165, 1.54) is 0 Å². The number of carboxylic acid groups (broad SMARTS) is 1. The number of aromatic amines is 1. The Bertz CT molecular complexity index is 794. The molecule has 0 unspecified atom stereocenters. The van der Waals surface area contributed by atoms with Crippen LogP contribution in [0.5, 0.6) is 0 Å². The van der Waals surface area contributed by atoms with E-state index >= 15 is 0 Å². The van der Waals surface area contributed by atoms with Gasteiger partial charge in [0, 0.05) is 19.6 Å². The molecule has 0 radical (unpaired) electrons. The van der Waals surface area contributed by atoms with Crippen LogP contribution >= 0.6 is 47.8 Å². The van der Waals surface area contributed by atoms with Gasteiger partial charge in [-0.05, 0) is 50.1 Å². The summed E-state index contributed by atoms with van der Waals surface area (Å²) in [6.45, 7) is 0. The minimum atomic E-state index is -3.90. The molecule has 21 heavy (non-hydrogen) atoms. The van der Waals surface area contributed by atoms with E-state index in [4.69, 9.17) is 5.11 Å². The minimum absolute atomic E-state index is 0.165. The van der Waals surface area contributed by atoms with E-state index in [9.17, 15) is 13.2 Å². The van der Waals surface area contributed by atoms with Crippen LogP contribution in [0.2, 0.25) is 0 Å². The number of nitrogens with one attached hydrogen (secondary N) is 2. The molecule has 3 N–H and O–H groups in total. The highest BCUT2D eigenvalue weighted by molar-refractivity contribution is 9.11. The maximum absolute atomic E-state index is 12.2. The molecule has 1 aromatic heterocycles. The molecule has 0 saturated heterocycles. The molecule has 0 aliphatic rings. The van der Waals surface area contributed by atoms with Crippen molar-refractivity contribution in [2.45, 2.75) is 4.90 Å². The molecule has 0 aliphatic heterocycles. The highest BCUT2D eigenvalue weighted by Crippen LogP contribution is 2.35. The van der Waals surface area contributed by atoms with E-state index in [0.29, 0.717) is 14.6 Å². The third-order valence-corrected chi connectivity index (χ3v) is 5.48. The number of hydrogen-bond donors (Lipinski definition) is 3. The number of aromatic carboxylic acids is 1. The third-order valence-electron chi connectivity index (χ3n) is 2.44. The largest absolute Gasteiger partial charge is 0.477 e. The van der Waals surface area contributed by atoms with Crippen LogP contribution in [0, 0.1) is 0 Å². The molecule has 0 amide bonds. The number of hydrogen-bond acceptors (Lipinski definition) is 3. The van der Waals surface area contributed by atoms with Crippen LogP contribution in [0.3, 0.4) is 0 Å². The summed E-state index contributed by atoms with van der Waals surface area (Å²) in [5.41, 5.74) is 0.112. The van der Waals surface area contributed by atoms with Gasteiger partial charge in [-0.15, -0.1) is 0 Å². The topological polar surface area (TPSA) is 99.3 Å². The highest BCUT2D eigenvalue weighted by Gasteiger charge is 2.20. The van der Waals surface area contributed by atoms with Gasteiger partial charge in [-0.2, -0.15) is 0 Å². The molecule has 0 bridgehead atoms. The van der Waals surface area contributed by atoms with Crippen molar-refractivity contribution in [3.63, 3.8) is 0 Å². The van der Waals surface area contributed by atoms with Crippen LogP contribution in [0.25, 0.3) is 0 Å². The Hall–Kier alpha value is -0.840. The van der Waals surface area contributed by atoms with Gasteiger partial charge in [0.1, 0.15) is 10.6 Å². The zero-order valence-corrected chi connectivity index (χ0v) is 15.6. The number of anilines is 1. The molecular weight excluding hydrogens is 496 g/mol. The Kier molecular flexibility index (Phi) is 4.81. The molecule has 2 aromatic rings. The molecule has 0 atom stereocenters. The van der Waals surface area contributed by atoms with Crippen molar-refractivity contribution in [3.05, 3.63) is 43.5 Å². The number of benzene rings is 1. The first-order valence-corrected chi connectivity index (χ1v) is 9.16. The lowest BCUT2D eigenvalue weighted by atomic mass is 10.3. The number of rotatable bonds is 4. The Morgan fingerprint density at radius 2 is 1.71 bits per heavy atom. The molecule has 0 spiro atoms. The fourth-order valence-corrected chi connectivity index (χ4v) is 5.30. The van der Waals surface area contributed by atoms with Crippen molar-refractivity contribution in [1.82, 2.24) is 4.98 Å². The summed E-state index contributed by atoms with van der Waals surface area (Å²) in [6.07, 6.45) is 1.12. The van der Waals surface area contributed by atoms with E-state index in [2.05, 4.69) is 57.5 Å². The molecule has 1 heterocycles. The standard InChI is InChI=1S/C11H7Br3N2O4S/c12-5-1-7(13)10(8(14)2-5)16-21(19,20)6-3-9(11(17)18)15-4-6/h1-4,15-16H,(H,17,18). The van der Waals surface area contributed by atoms with Crippen LogP contribution in [0.4, 0.5) is 5.69 Å². The molecule has 0 saturated carbocycles. The first kappa shape index (κ1) is 16.5. The first-order chi connectivity index (χ1) is 9.70. The maximum Gasteiger partial charge on any atom is 0.352 e. The number of H-pyrrole nitrogens is 1. The van der Waals surface area contributed by atoms with Crippen LogP contribution < -0.4 is 4.72 Å². The fourth-order valence-electron chi connectivity index (χ4n) is 1.49. The van der Waals surface area contributed by atoms with Gasteiger partial charge in [-0.25, -0.2) is 13.2 Å². The second-order valence-corrected chi connectivity index (χ2v) is 8.21. The molecule has 0 aliphatic carbocycles. The van der Waals surface area contributed by atoms with E-state index in [1.807, 2.05) is 0 Å². The number of carbonyl (C=O) groups is 1. The fraction of sp³-hybridized carbons (Fsp3) is 0. The van der Waals surface area contributed by atoms with Gasteiger partial charge >= 0.3 is 5.97 Å². The van der Waals surface area contributed by atoms with Gasteiger partial charge in [0.15, 0.2) is 0 Å². The van der Waals surface area contributed by atoms with Crippen molar-refractivity contribution < 1.29 is 18.3 Å². The Balaban J connectivity index is 2.40. The van der Waals surface area contributed by atoms with Crippen molar-refractivity contribution in [2.75, 3.05) is 4.72 Å². The van der Waals surface area contributed by atoms with Gasteiger partial charge < -0.3 is 10.1 Å². The van der Waals surface area contributed by atoms with Crippen LogP contribution in [-0.4, -0.2) is 24.5 Å². The predicted molar refractivity (Wildman–Crippen MR) is 88.1 cm³/mol. The van der Waals surface area contributed by atoms with E-state index < -0.39 is 16.0 Å². The van der Waals surface area contributed by atoms with Crippen molar-refractivity contribution in [3.8, 4) is 0 Å². The van der Waals surface area contributed by atoms with Gasteiger partial charge in [0.05, 0.1) is 5.69 Å². The molecule has 10 heteroatoms. The third kappa shape index (κ3) is 3.68. The van der Waals surface area contributed by atoms with Crippen molar-refractivity contribution >= 4 is 69.5 Å². The predicted octanol–water partition coefficient (Wildman–Crippen LogP) is 3.80. The monoisotopic (exact) mass is 500 g/mol. The zero-order valence-electron chi connectivity index (χ0n) is 10.0. The first-order valence-electron chi connectivity index (χ1n) is 5.30. The van der Waals surface area contributed by atoms with Crippen LogP contribution in [0.1, 0.15) is 10.5 Å². The lowest BCUT2D eigenvalue weighted by Crippen LogP contribution is -2.13. The summed E-state index contributed by atoms with van der Waals surface area (Å²) in [4.78, 5) is 13.0. The molecule has 1 aromatic carbocycles. The Morgan fingerprint density at radius 3 is 2.19 bits per heavy atom. The van der Waals surface area contributed by atoms with Crippen molar-refractivity contribution in [2.24, 2.45) is 0 Å². The Labute approximate surface area is 145 Å². The van der Waals surface area contributed by atoms with Gasteiger partial charge in [-0.1, -0.05) is 15.9 Å². The SMILES string of the molecule is O=C(O)c1cc(S(=O)(=O)Nc2c(Br)cc(Br)cc2Br)c[nH]1. The smallest absolute Gasteiger partial charge is 0.352 e. The second-order valence-electron chi connectivity index (χ2n) is 3.90. The summed E-state index contributed by atoms with van der Waals surface area (Å²) < 4.78 is 28.7. The molecule has 6 nitrogen and oxygen atoms in total. The number of sulfonamides is 1. The summed E-state index contributed by atoms with van der Waals surface area (Å²) >= 11 is 9.81. The van der Waals surface area contributed by atoms with E-state index in [-0.39, 0.29) is 10.6 Å². The van der Waals surface area contributed by atoms with Crippen molar-refractivity contribution in [1.29, 1.82) is 0 Å². The lowest BCUT2D eigenvalue weighted by molar-refractivity contribution is 0.0691.